The second kappa shape index (κ2) is 8.39. The molecule has 1 aromatic carbocycles. The van der Waals surface area contributed by atoms with Crippen molar-refractivity contribution in [2.24, 2.45) is 11.8 Å². The van der Waals surface area contributed by atoms with Crippen molar-refractivity contribution in [1.29, 1.82) is 0 Å². The number of hydrogen-bond acceptors (Lipinski definition) is 5. The Hall–Kier alpha value is -3.47. The van der Waals surface area contributed by atoms with Crippen LogP contribution in [0.3, 0.4) is 0 Å². The monoisotopic (exact) mass is 456 g/mol. The van der Waals surface area contributed by atoms with Gasteiger partial charge in [-0.2, -0.15) is 0 Å². The van der Waals surface area contributed by atoms with Crippen molar-refractivity contribution >= 4 is 17.5 Å². The molecule has 0 aromatic heterocycles. The van der Waals surface area contributed by atoms with Crippen LogP contribution in [-0.4, -0.2) is 30.2 Å². The molecule has 1 aliphatic heterocycles. The number of allylic oxidation sites excluding steroid dienone is 7. The third kappa shape index (κ3) is 3.25. The Morgan fingerprint density at radius 3 is 2.53 bits per heavy atom. The number of carbonyl (C=O) groups excluding carboxylic acids is 3. The van der Waals surface area contributed by atoms with Gasteiger partial charge in [0, 0.05) is 11.5 Å². The van der Waals surface area contributed by atoms with Crippen LogP contribution >= 0.6 is 0 Å². The van der Waals surface area contributed by atoms with Gasteiger partial charge >= 0.3 is 5.97 Å². The average Bonchev–Trinajstić information content (AvgIpc) is 3.49. The molecule has 1 saturated heterocycles. The highest BCUT2D eigenvalue weighted by atomic mass is 16.5. The first-order valence-corrected chi connectivity index (χ1v) is 11.8. The van der Waals surface area contributed by atoms with E-state index < -0.39 is 35.7 Å². The molecule has 34 heavy (non-hydrogen) atoms. The molecule has 0 bridgehead atoms. The normalized spacial score (nSPS) is 29.4. The van der Waals surface area contributed by atoms with Crippen molar-refractivity contribution in [2.75, 3.05) is 6.61 Å². The van der Waals surface area contributed by atoms with Gasteiger partial charge in [-0.15, -0.1) is 0 Å². The molecule has 5 heteroatoms. The number of ether oxygens (including phenoxy) is 2. The van der Waals surface area contributed by atoms with Crippen LogP contribution in [0.1, 0.15) is 50.2 Å². The molecule has 5 nitrogen and oxygen atoms in total. The summed E-state index contributed by atoms with van der Waals surface area (Å²) in [6.45, 7) is 9.71. The smallest absolute Gasteiger partial charge is 0.334 e. The zero-order chi connectivity index (χ0) is 24.1. The molecule has 0 spiro atoms. The SMILES string of the molecule is C=C1C(C(C)=O)c2ccccc2C1C1OC2=CC(C)=C(C(=O)OCC)C(C3=CC=CC3)C2C1=O. The number of ketones is 2. The van der Waals surface area contributed by atoms with E-state index in [1.54, 1.807) is 19.9 Å². The molecule has 1 aromatic rings. The minimum atomic E-state index is -0.791. The molecule has 5 unspecified atom stereocenters. The van der Waals surface area contributed by atoms with Crippen molar-refractivity contribution in [3.63, 3.8) is 0 Å². The molecule has 5 atom stereocenters. The molecule has 1 heterocycles. The molecule has 3 aliphatic carbocycles. The van der Waals surface area contributed by atoms with Gasteiger partial charge in [0.25, 0.3) is 0 Å². The minimum Gasteiger partial charge on any atom is -0.485 e. The molecule has 174 valence electrons. The maximum Gasteiger partial charge on any atom is 0.334 e. The van der Waals surface area contributed by atoms with E-state index in [1.807, 2.05) is 49.4 Å². The fourth-order valence-corrected chi connectivity index (χ4v) is 6.05. The van der Waals surface area contributed by atoms with Gasteiger partial charge in [-0.1, -0.05) is 60.2 Å². The summed E-state index contributed by atoms with van der Waals surface area (Å²) in [6.07, 6.45) is 7.65. The lowest BCUT2D eigenvalue weighted by Gasteiger charge is -2.29. The largest absolute Gasteiger partial charge is 0.485 e. The first-order chi connectivity index (χ1) is 16.3. The van der Waals surface area contributed by atoms with E-state index in [-0.39, 0.29) is 18.2 Å². The Labute approximate surface area is 199 Å². The Morgan fingerprint density at radius 2 is 1.88 bits per heavy atom. The van der Waals surface area contributed by atoms with Crippen molar-refractivity contribution in [3.05, 3.63) is 94.3 Å². The maximum absolute atomic E-state index is 14.0. The van der Waals surface area contributed by atoms with Gasteiger partial charge in [-0.05, 0) is 50.0 Å². The number of fused-ring (bicyclic) bond motifs is 2. The molecule has 0 radical (unpaired) electrons. The predicted molar refractivity (Wildman–Crippen MR) is 128 cm³/mol. The molecule has 0 saturated carbocycles. The number of hydrogen-bond donors (Lipinski definition) is 0. The standard InChI is InChI=1S/C29H28O5/c1-5-33-29(32)22-15(2)14-21-26(25(22)18-10-6-7-11-18)27(31)28(34-21)24-16(3)23(17(4)30)19-12-8-9-13-20(19)24/h6-10,12-14,23-26,28H,3,5,11H2,1-2,4H3. The zero-order valence-corrected chi connectivity index (χ0v) is 19.7. The van der Waals surface area contributed by atoms with E-state index >= 15 is 0 Å². The third-order valence-electron chi connectivity index (χ3n) is 7.40. The van der Waals surface area contributed by atoms with Crippen LogP contribution in [0.2, 0.25) is 0 Å². The van der Waals surface area contributed by atoms with Gasteiger partial charge in [0.15, 0.2) is 11.9 Å². The van der Waals surface area contributed by atoms with Gasteiger partial charge in [0.05, 0.1) is 24.4 Å². The second-order valence-electron chi connectivity index (χ2n) is 9.36. The first-order valence-electron chi connectivity index (χ1n) is 11.8. The lowest BCUT2D eigenvalue weighted by Crippen LogP contribution is -2.34. The van der Waals surface area contributed by atoms with Gasteiger partial charge in [-0.3, -0.25) is 9.59 Å². The summed E-state index contributed by atoms with van der Waals surface area (Å²) in [6, 6.07) is 7.70. The summed E-state index contributed by atoms with van der Waals surface area (Å²) >= 11 is 0. The highest BCUT2D eigenvalue weighted by molar-refractivity contribution is 5.99. The van der Waals surface area contributed by atoms with Crippen molar-refractivity contribution in [2.45, 2.75) is 45.1 Å². The summed E-state index contributed by atoms with van der Waals surface area (Å²) in [5, 5.41) is 0. The van der Waals surface area contributed by atoms with E-state index in [9.17, 15) is 14.4 Å². The summed E-state index contributed by atoms with van der Waals surface area (Å²) in [4.78, 5) is 39.5. The van der Waals surface area contributed by atoms with Crippen molar-refractivity contribution in [1.82, 2.24) is 0 Å². The number of esters is 1. The molecule has 0 amide bonds. The Kier molecular flexibility index (Phi) is 5.51. The second-order valence-corrected chi connectivity index (χ2v) is 9.36. The lowest BCUT2D eigenvalue weighted by molar-refractivity contribution is -0.139. The number of Topliss-reactive ketones (excluding diaryl/α,β-unsaturated/α-hetero) is 2. The van der Waals surface area contributed by atoms with E-state index in [2.05, 4.69) is 6.58 Å². The summed E-state index contributed by atoms with van der Waals surface area (Å²) < 4.78 is 11.7. The van der Waals surface area contributed by atoms with Crippen LogP contribution < -0.4 is 0 Å². The fraction of sp³-hybridized carbons (Fsp3) is 0.345. The zero-order valence-electron chi connectivity index (χ0n) is 19.7. The molecular formula is C29H28O5. The molecule has 1 fully saturated rings. The van der Waals surface area contributed by atoms with Crippen LogP contribution in [0.25, 0.3) is 0 Å². The van der Waals surface area contributed by atoms with Crippen LogP contribution in [0.15, 0.2) is 83.2 Å². The van der Waals surface area contributed by atoms with E-state index in [0.29, 0.717) is 23.3 Å². The van der Waals surface area contributed by atoms with Crippen LogP contribution in [-0.2, 0) is 23.9 Å². The fourth-order valence-electron chi connectivity index (χ4n) is 6.05. The van der Waals surface area contributed by atoms with E-state index in [0.717, 1.165) is 22.3 Å². The van der Waals surface area contributed by atoms with Crippen molar-refractivity contribution in [3.8, 4) is 0 Å². The quantitative estimate of drug-likeness (QED) is 0.467. The lowest BCUT2D eigenvalue weighted by atomic mass is 9.71. The first kappa shape index (κ1) is 22.3. The Morgan fingerprint density at radius 1 is 1.15 bits per heavy atom. The molecular weight excluding hydrogens is 428 g/mol. The van der Waals surface area contributed by atoms with Gasteiger partial charge < -0.3 is 9.47 Å². The highest BCUT2D eigenvalue weighted by Gasteiger charge is 2.55. The molecule has 0 N–H and O–H groups in total. The molecule has 4 aliphatic rings. The predicted octanol–water partition coefficient (Wildman–Crippen LogP) is 4.88. The van der Waals surface area contributed by atoms with E-state index in [4.69, 9.17) is 9.47 Å². The third-order valence-corrected chi connectivity index (χ3v) is 7.40. The van der Waals surface area contributed by atoms with Crippen LogP contribution in [0.4, 0.5) is 0 Å². The van der Waals surface area contributed by atoms with Crippen LogP contribution in [0, 0.1) is 11.8 Å². The highest BCUT2D eigenvalue weighted by Crippen LogP contribution is 2.54. The summed E-state index contributed by atoms with van der Waals surface area (Å²) in [5.41, 5.74) is 4.78. The average molecular weight is 457 g/mol. The van der Waals surface area contributed by atoms with Gasteiger partial charge in [0.1, 0.15) is 11.5 Å². The maximum atomic E-state index is 14.0. The Balaban J connectivity index is 1.57. The minimum absolute atomic E-state index is 0.00389. The number of carbonyl (C=O) groups is 3. The molecule has 5 rings (SSSR count). The van der Waals surface area contributed by atoms with Crippen molar-refractivity contribution < 1.29 is 23.9 Å². The summed E-state index contributed by atoms with van der Waals surface area (Å²) in [7, 11) is 0. The number of benzene rings is 1. The van der Waals surface area contributed by atoms with Gasteiger partial charge in [0.2, 0.25) is 0 Å². The Bertz CT molecular complexity index is 1240. The van der Waals surface area contributed by atoms with Crippen LogP contribution in [0.5, 0.6) is 0 Å². The number of rotatable bonds is 5. The van der Waals surface area contributed by atoms with Gasteiger partial charge in [-0.25, -0.2) is 4.79 Å². The summed E-state index contributed by atoms with van der Waals surface area (Å²) in [5.74, 6) is -1.77. The van der Waals surface area contributed by atoms with E-state index in [1.165, 1.54) is 0 Å². The topological polar surface area (TPSA) is 69.7 Å².